The highest BCUT2D eigenvalue weighted by molar-refractivity contribution is 5.95. The van der Waals surface area contributed by atoms with Crippen molar-refractivity contribution in [3.63, 3.8) is 0 Å². The summed E-state index contributed by atoms with van der Waals surface area (Å²) in [5.74, 6) is -0.720. The van der Waals surface area contributed by atoms with E-state index in [0.717, 1.165) is 37.0 Å². The maximum absolute atomic E-state index is 12.0. The number of carboxylic acids is 1. The molecule has 146 valence electrons. The predicted octanol–water partition coefficient (Wildman–Crippen LogP) is 2.69. The van der Waals surface area contributed by atoms with E-state index < -0.39 is 17.3 Å². The number of nitrogens with one attached hydrogen (secondary N) is 1. The zero-order valence-electron chi connectivity index (χ0n) is 15.5. The summed E-state index contributed by atoms with van der Waals surface area (Å²) in [6, 6.07) is 7.86. The van der Waals surface area contributed by atoms with Gasteiger partial charge in [-0.15, -0.1) is 0 Å². The third kappa shape index (κ3) is 2.44. The Morgan fingerprint density at radius 1 is 1.32 bits per heavy atom. The second-order valence-corrected chi connectivity index (χ2v) is 7.85. The number of rotatable bonds is 4. The van der Waals surface area contributed by atoms with E-state index in [4.69, 9.17) is 9.26 Å². The summed E-state index contributed by atoms with van der Waals surface area (Å²) in [7, 11) is 0. The van der Waals surface area contributed by atoms with E-state index in [0.29, 0.717) is 18.2 Å². The van der Waals surface area contributed by atoms with Crippen LogP contribution in [0, 0.1) is 5.92 Å². The van der Waals surface area contributed by atoms with Crippen molar-refractivity contribution in [2.45, 2.75) is 37.6 Å². The molecule has 1 aromatic carbocycles. The molecule has 1 saturated carbocycles. The van der Waals surface area contributed by atoms with Gasteiger partial charge in [0, 0.05) is 24.1 Å². The van der Waals surface area contributed by atoms with Crippen LogP contribution >= 0.6 is 0 Å². The molecule has 1 aliphatic carbocycles. The molecular formula is C20H21N3O5. The smallest absolute Gasteiger partial charge is 0.438 e. The minimum Gasteiger partial charge on any atom is -0.477 e. The quantitative estimate of drug-likeness (QED) is 0.717. The second kappa shape index (κ2) is 6.07. The third-order valence-electron chi connectivity index (χ3n) is 6.26. The molecule has 2 N–H and O–H groups in total. The van der Waals surface area contributed by atoms with E-state index in [1.165, 1.54) is 5.56 Å². The van der Waals surface area contributed by atoms with E-state index >= 15 is 0 Å². The van der Waals surface area contributed by atoms with Crippen LogP contribution in [-0.4, -0.2) is 39.0 Å². The van der Waals surface area contributed by atoms with Crippen molar-refractivity contribution >= 4 is 16.9 Å². The van der Waals surface area contributed by atoms with Crippen LogP contribution in [0.15, 0.2) is 33.6 Å². The average Bonchev–Trinajstić information content (AvgIpc) is 3.05. The molecule has 0 unspecified atom stereocenters. The van der Waals surface area contributed by atoms with Crippen LogP contribution in [0.5, 0.6) is 0 Å². The Balaban J connectivity index is 1.68. The molecule has 28 heavy (non-hydrogen) atoms. The van der Waals surface area contributed by atoms with Crippen molar-refractivity contribution in [3.05, 3.63) is 51.9 Å². The molecule has 8 nitrogen and oxygen atoms in total. The van der Waals surface area contributed by atoms with Crippen LogP contribution in [0.25, 0.3) is 10.9 Å². The van der Waals surface area contributed by atoms with E-state index in [9.17, 15) is 14.7 Å². The van der Waals surface area contributed by atoms with Gasteiger partial charge in [0.15, 0.2) is 5.82 Å². The lowest BCUT2D eigenvalue weighted by Gasteiger charge is -2.23. The van der Waals surface area contributed by atoms with Crippen molar-refractivity contribution in [3.8, 4) is 0 Å². The summed E-state index contributed by atoms with van der Waals surface area (Å²) < 4.78 is 12.0. The number of aromatic nitrogens is 3. The second-order valence-electron chi connectivity index (χ2n) is 7.85. The number of fused-ring (bicyclic) bond motifs is 1. The van der Waals surface area contributed by atoms with Crippen LogP contribution in [0.4, 0.5) is 0 Å². The van der Waals surface area contributed by atoms with Crippen LogP contribution < -0.4 is 5.76 Å². The van der Waals surface area contributed by atoms with Gasteiger partial charge >= 0.3 is 11.7 Å². The molecule has 2 atom stereocenters. The fraction of sp³-hybridized carbons (Fsp3) is 0.450. The van der Waals surface area contributed by atoms with Crippen LogP contribution in [0.3, 0.4) is 0 Å². The number of carbonyl (C=O) groups is 1. The molecule has 2 aromatic heterocycles. The summed E-state index contributed by atoms with van der Waals surface area (Å²) in [4.78, 5) is 26.2. The van der Waals surface area contributed by atoms with Gasteiger partial charge in [-0.05, 0) is 54.9 Å². The minimum absolute atomic E-state index is 0.122. The van der Waals surface area contributed by atoms with Gasteiger partial charge in [-0.3, -0.25) is 9.51 Å². The molecule has 3 heterocycles. The van der Waals surface area contributed by atoms with E-state index in [-0.39, 0.29) is 11.6 Å². The topological polar surface area (TPSA) is 110 Å². The first-order valence-corrected chi connectivity index (χ1v) is 9.54. The van der Waals surface area contributed by atoms with E-state index in [1.807, 2.05) is 13.0 Å². The molecule has 1 saturated heterocycles. The van der Waals surface area contributed by atoms with Gasteiger partial charge in [0.2, 0.25) is 0 Å². The van der Waals surface area contributed by atoms with Crippen molar-refractivity contribution in [2.75, 3.05) is 13.2 Å². The Labute approximate surface area is 160 Å². The van der Waals surface area contributed by atoms with Gasteiger partial charge in [-0.2, -0.15) is 0 Å². The van der Waals surface area contributed by atoms with Gasteiger partial charge in [-0.1, -0.05) is 18.1 Å². The molecular weight excluding hydrogens is 362 g/mol. The highest BCUT2D eigenvalue weighted by Crippen LogP contribution is 2.55. The lowest BCUT2D eigenvalue weighted by Crippen LogP contribution is -2.26. The van der Waals surface area contributed by atoms with Gasteiger partial charge in [0.05, 0.1) is 0 Å². The number of ether oxygens (including phenoxy) is 1. The van der Waals surface area contributed by atoms with Crippen molar-refractivity contribution in [1.29, 1.82) is 0 Å². The van der Waals surface area contributed by atoms with Crippen LogP contribution in [0.1, 0.15) is 54.0 Å². The molecule has 3 aromatic rings. The van der Waals surface area contributed by atoms with Gasteiger partial charge < -0.3 is 14.4 Å². The number of hydrogen-bond donors (Lipinski definition) is 2. The Kier molecular flexibility index (Phi) is 3.74. The predicted molar refractivity (Wildman–Crippen MR) is 99.7 cm³/mol. The summed E-state index contributed by atoms with van der Waals surface area (Å²) >= 11 is 0. The van der Waals surface area contributed by atoms with Crippen molar-refractivity contribution in [2.24, 2.45) is 5.92 Å². The van der Waals surface area contributed by atoms with Crippen molar-refractivity contribution in [1.82, 2.24) is 14.7 Å². The monoisotopic (exact) mass is 383 g/mol. The lowest BCUT2D eigenvalue weighted by atomic mass is 9.91. The zero-order valence-corrected chi connectivity index (χ0v) is 15.5. The van der Waals surface area contributed by atoms with Crippen LogP contribution in [-0.2, 0) is 10.3 Å². The highest BCUT2D eigenvalue weighted by atomic mass is 16.5. The SMILES string of the molecule is C[C@H]1C[C@]1(c1noc(=O)[nH]1)n1c(C(=O)O)cc2cc(C3CCOCC3)ccc21. The van der Waals surface area contributed by atoms with Gasteiger partial charge in [0.1, 0.15) is 11.2 Å². The molecule has 2 aliphatic rings. The summed E-state index contributed by atoms with van der Waals surface area (Å²) in [6.07, 6.45) is 2.62. The molecule has 0 amide bonds. The Bertz CT molecular complexity index is 1120. The highest BCUT2D eigenvalue weighted by Gasteiger charge is 2.59. The number of aromatic carboxylic acids is 1. The number of benzene rings is 1. The lowest BCUT2D eigenvalue weighted by molar-refractivity contribution is 0.0682. The maximum Gasteiger partial charge on any atom is 0.438 e. The first kappa shape index (κ1) is 17.2. The normalized spacial score (nSPS) is 25.2. The Hall–Kier alpha value is -2.87. The maximum atomic E-state index is 12.0. The van der Waals surface area contributed by atoms with E-state index in [2.05, 4.69) is 22.3 Å². The third-order valence-corrected chi connectivity index (χ3v) is 6.26. The number of nitrogens with zero attached hydrogens (tertiary/aromatic N) is 2. The van der Waals surface area contributed by atoms with Gasteiger partial charge in [-0.25, -0.2) is 9.59 Å². The summed E-state index contributed by atoms with van der Waals surface area (Å²) in [5.41, 5.74) is 1.51. The molecule has 2 fully saturated rings. The first-order valence-electron chi connectivity index (χ1n) is 9.54. The number of H-pyrrole nitrogens is 1. The fourth-order valence-corrected chi connectivity index (χ4v) is 4.68. The molecule has 0 spiro atoms. The molecule has 5 rings (SSSR count). The number of carboxylic acid groups (broad SMARTS) is 1. The van der Waals surface area contributed by atoms with Crippen molar-refractivity contribution < 1.29 is 19.2 Å². The fourth-order valence-electron chi connectivity index (χ4n) is 4.68. The Morgan fingerprint density at radius 3 is 2.68 bits per heavy atom. The number of hydrogen-bond acceptors (Lipinski definition) is 5. The molecule has 0 bridgehead atoms. The zero-order chi connectivity index (χ0) is 19.5. The minimum atomic E-state index is -1.01. The van der Waals surface area contributed by atoms with Gasteiger partial charge in [0.25, 0.3) is 0 Å². The number of aromatic amines is 1. The molecule has 1 aliphatic heterocycles. The molecule has 8 heteroatoms. The first-order chi connectivity index (χ1) is 13.5. The largest absolute Gasteiger partial charge is 0.477 e. The van der Waals surface area contributed by atoms with Crippen LogP contribution in [0.2, 0.25) is 0 Å². The standard InChI is InChI=1S/C20H21N3O5/c1-11-10-20(11,18-21-19(26)28-22-18)23-15-3-2-13(12-4-6-27-7-5-12)8-14(15)9-16(23)17(24)25/h2-3,8-9,11-12H,4-7,10H2,1H3,(H,24,25)(H,21,22,26)/t11-,20-/m0/s1. The summed E-state index contributed by atoms with van der Waals surface area (Å²) in [5, 5.41) is 14.6. The molecule has 0 radical (unpaired) electrons. The average molecular weight is 383 g/mol. The van der Waals surface area contributed by atoms with E-state index in [1.54, 1.807) is 10.6 Å². The summed E-state index contributed by atoms with van der Waals surface area (Å²) in [6.45, 7) is 3.52. The Morgan fingerprint density at radius 2 is 2.07 bits per heavy atom.